The van der Waals surface area contributed by atoms with Crippen molar-refractivity contribution < 1.29 is 4.79 Å². The third-order valence-corrected chi connectivity index (χ3v) is 4.19. The molecule has 0 bridgehead atoms. The Hall–Kier alpha value is -2.08. The fraction of sp³-hybridized carbons (Fsp3) is 0.471. The lowest BCUT2D eigenvalue weighted by molar-refractivity contribution is -0.122. The van der Waals surface area contributed by atoms with Crippen molar-refractivity contribution in [2.75, 3.05) is 0 Å². The average Bonchev–Trinajstić information content (AvgIpc) is 2.55. The summed E-state index contributed by atoms with van der Waals surface area (Å²) >= 11 is 6.01. The van der Waals surface area contributed by atoms with Gasteiger partial charge in [0.1, 0.15) is 6.54 Å². The Morgan fingerprint density at radius 2 is 1.96 bits per heavy atom. The summed E-state index contributed by atoms with van der Waals surface area (Å²) in [6, 6.07) is 4.76. The van der Waals surface area contributed by atoms with Crippen LogP contribution in [0.5, 0.6) is 0 Å². The molecule has 0 aliphatic heterocycles. The summed E-state index contributed by atoms with van der Waals surface area (Å²) in [5.74, 6) is -0.269. The van der Waals surface area contributed by atoms with Crippen molar-refractivity contribution in [1.29, 1.82) is 0 Å². The van der Waals surface area contributed by atoms with Crippen LogP contribution in [0.15, 0.2) is 27.8 Å². The first-order valence-electron chi connectivity index (χ1n) is 8.11. The Bertz CT molecular complexity index is 870. The fourth-order valence-corrected chi connectivity index (χ4v) is 2.70. The molecule has 1 heterocycles. The predicted octanol–water partition coefficient (Wildman–Crippen LogP) is 2.14. The maximum atomic E-state index is 12.7. The molecule has 2 rings (SSSR count). The molecule has 0 spiro atoms. The Morgan fingerprint density at radius 1 is 1.25 bits per heavy atom. The molecular formula is C17H22ClN3O3. The number of benzene rings is 1. The van der Waals surface area contributed by atoms with Crippen molar-refractivity contribution in [3.63, 3.8) is 0 Å². The van der Waals surface area contributed by atoms with Crippen molar-refractivity contribution in [3.8, 4) is 0 Å². The van der Waals surface area contributed by atoms with E-state index in [0.717, 1.165) is 6.42 Å². The molecule has 0 saturated carbocycles. The Kier molecular flexibility index (Phi) is 5.83. The first-order valence-corrected chi connectivity index (χ1v) is 8.49. The van der Waals surface area contributed by atoms with E-state index >= 15 is 0 Å². The summed E-state index contributed by atoms with van der Waals surface area (Å²) in [6.07, 6.45) is 1.44. The van der Waals surface area contributed by atoms with E-state index in [4.69, 9.17) is 11.6 Å². The summed E-state index contributed by atoms with van der Waals surface area (Å²) in [7, 11) is 0. The molecule has 0 aliphatic carbocycles. The number of halogens is 1. The van der Waals surface area contributed by atoms with E-state index in [-0.39, 0.29) is 24.1 Å². The lowest BCUT2D eigenvalue weighted by Gasteiger charge is -2.16. The number of carbonyl (C=O) groups is 1. The molecule has 130 valence electrons. The van der Waals surface area contributed by atoms with Crippen LogP contribution in [-0.4, -0.2) is 21.1 Å². The van der Waals surface area contributed by atoms with Crippen LogP contribution in [0.2, 0.25) is 5.02 Å². The minimum absolute atomic E-state index is 0.0181. The zero-order valence-corrected chi connectivity index (χ0v) is 14.9. The highest BCUT2D eigenvalue weighted by molar-refractivity contribution is 6.31. The Morgan fingerprint density at radius 3 is 2.58 bits per heavy atom. The second-order valence-electron chi connectivity index (χ2n) is 5.86. The lowest BCUT2D eigenvalue weighted by Crippen LogP contribution is -2.43. The van der Waals surface area contributed by atoms with E-state index in [1.165, 1.54) is 9.13 Å². The van der Waals surface area contributed by atoms with Crippen molar-refractivity contribution in [2.45, 2.75) is 52.7 Å². The average molecular weight is 352 g/mol. The van der Waals surface area contributed by atoms with E-state index in [2.05, 4.69) is 5.32 Å². The summed E-state index contributed by atoms with van der Waals surface area (Å²) in [4.78, 5) is 37.4. The molecule has 0 fully saturated rings. The van der Waals surface area contributed by atoms with Crippen LogP contribution in [0.1, 0.15) is 33.6 Å². The standard InChI is InChI=1S/C17H22ClN3O3/c1-4-8-20-16(23)13-7-6-12(18)9-14(13)21(17(20)24)10-15(22)19-11(3)5-2/h6-7,9,11H,4-5,8,10H2,1-3H3,(H,19,22)/t11-/m1/s1. The van der Waals surface area contributed by atoms with Gasteiger partial charge in [-0.2, -0.15) is 0 Å². The zero-order valence-electron chi connectivity index (χ0n) is 14.1. The molecule has 0 aliphatic rings. The highest BCUT2D eigenvalue weighted by Crippen LogP contribution is 2.15. The summed E-state index contributed by atoms with van der Waals surface area (Å²) < 4.78 is 2.49. The minimum Gasteiger partial charge on any atom is -0.352 e. The molecule has 2 aromatic rings. The highest BCUT2D eigenvalue weighted by atomic mass is 35.5. The monoisotopic (exact) mass is 351 g/mol. The molecule has 0 radical (unpaired) electrons. The Labute approximate surface area is 145 Å². The predicted molar refractivity (Wildman–Crippen MR) is 95.7 cm³/mol. The second kappa shape index (κ2) is 7.66. The second-order valence-corrected chi connectivity index (χ2v) is 6.30. The molecule has 1 amide bonds. The maximum absolute atomic E-state index is 12.7. The van der Waals surface area contributed by atoms with Gasteiger partial charge >= 0.3 is 5.69 Å². The van der Waals surface area contributed by atoms with Gasteiger partial charge in [-0.25, -0.2) is 4.79 Å². The normalized spacial score (nSPS) is 12.3. The van der Waals surface area contributed by atoms with Crippen LogP contribution < -0.4 is 16.6 Å². The number of carbonyl (C=O) groups excluding carboxylic acids is 1. The van der Waals surface area contributed by atoms with Crippen LogP contribution in [0.4, 0.5) is 0 Å². The molecule has 6 nitrogen and oxygen atoms in total. The molecule has 7 heteroatoms. The fourth-order valence-electron chi connectivity index (χ4n) is 2.53. The van der Waals surface area contributed by atoms with Gasteiger partial charge in [-0.1, -0.05) is 25.4 Å². The van der Waals surface area contributed by atoms with Gasteiger partial charge in [0.2, 0.25) is 5.91 Å². The molecule has 0 unspecified atom stereocenters. The van der Waals surface area contributed by atoms with E-state index in [9.17, 15) is 14.4 Å². The quantitative estimate of drug-likeness (QED) is 0.866. The number of amides is 1. The molecule has 1 aromatic heterocycles. The van der Waals surface area contributed by atoms with Gasteiger partial charge < -0.3 is 5.32 Å². The third-order valence-electron chi connectivity index (χ3n) is 3.96. The first kappa shape index (κ1) is 18.3. The topological polar surface area (TPSA) is 73.1 Å². The van der Waals surface area contributed by atoms with Gasteiger partial charge in [0.05, 0.1) is 10.9 Å². The van der Waals surface area contributed by atoms with Crippen molar-refractivity contribution in [2.24, 2.45) is 0 Å². The molecular weight excluding hydrogens is 330 g/mol. The SMILES string of the molecule is CCCn1c(=O)c2ccc(Cl)cc2n(CC(=O)N[C@H](C)CC)c1=O. The molecule has 1 aromatic carbocycles. The number of nitrogens with one attached hydrogen (secondary N) is 1. The highest BCUT2D eigenvalue weighted by Gasteiger charge is 2.16. The smallest absolute Gasteiger partial charge is 0.331 e. The van der Waals surface area contributed by atoms with E-state index in [0.29, 0.717) is 28.9 Å². The first-order chi connectivity index (χ1) is 11.4. The van der Waals surface area contributed by atoms with E-state index in [1.54, 1.807) is 18.2 Å². The van der Waals surface area contributed by atoms with Crippen molar-refractivity contribution in [1.82, 2.24) is 14.5 Å². The lowest BCUT2D eigenvalue weighted by atomic mass is 10.2. The number of fused-ring (bicyclic) bond motifs is 1. The van der Waals surface area contributed by atoms with Gasteiger partial charge in [-0.05, 0) is 38.0 Å². The van der Waals surface area contributed by atoms with Crippen LogP contribution in [-0.2, 0) is 17.9 Å². The number of rotatable bonds is 6. The number of aromatic nitrogens is 2. The van der Waals surface area contributed by atoms with Crippen LogP contribution >= 0.6 is 11.6 Å². The van der Waals surface area contributed by atoms with Crippen LogP contribution in [0.25, 0.3) is 10.9 Å². The van der Waals surface area contributed by atoms with Crippen LogP contribution in [0, 0.1) is 0 Å². The summed E-state index contributed by atoms with van der Waals surface area (Å²) in [6.45, 7) is 5.91. The van der Waals surface area contributed by atoms with Crippen LogP contribution in [0.3, 0.4) is 0 Å². The summed E-state index contributed by atoms with van der Waals surface area (Å²) in [5.41, 5.74) is -0.466. The van der Waals surface area contributed by atoms with Crippen molar-refractivity contribution in [3.05, 3.63) is 44.1 Å². The van der Waals surface area contributed by atoms with Crippen molar-refractivity contribution >= 4 is 28.4 Å². The van der Waals surface area contributed by atoms with E-state index in [1.807, 2.05) is 20.8 Å². The number of nitrogens with zero attached hydrogens (tertiary/aromatic N) is 2. The number of hydrogen-bond donors (Lipinski definition) is 1. The summed E-state index contributed by atoms with van der Waals surface area (Å²) in [5, 5.41) is 3.62. The van der Waals surface area contributed by atoms with E-state index < -0.39 is 5.69 Å². The maximum Gasteiger partial charge on any atom is 0.331 e. The largest absolute Gasteiger partial charge is 0.352 e. The molecule has 1 N–H and O–H groups in total. The Balaban J connectivity index is 2.62. The molecule has 0 saturated heterocycles. The van der Waals surface area contributed by atoms with Gasteiger partial charge in [-0.15, -0.1) is 0 Å². The van der Waals surface area contributed by atoms with Gasteiger partial charge in [0, 0.05) is 17.6 Å². The third kappa shape index (κ3) is 3.70. The van der Waals surface area contributed by atoms with Gasteiger partial charge in [-0.3, -0.25) is 18.7 Å². The minimum atomic E-state index is -0.490. The van der Waals surface area contributed by atoms with Gasteiger partial charge in [0.15, 0.2) is 0 Å². The number of hydrogen-bond acceptors (Lipinski definition) is 3. The molecule has 1 atom stereocenters. The zero-order chi connectivity index (χ0) is 17.9. The van der Waals surface area contributed by atoms with Gasteiger partial charge in [0.25, 0.3) is 5.56 Å². The molecule has 24 heavy (non-hydrogen) atoms.